The number of carboxylic acid groups (broad SMARTS) is 1. The number of carbonyl (C=O) groups is 2. The van der Waals surface area contributed by atoms with Crippen LogP contribution in [0.1, 0.15) is 17.3 Å². The first kappa shape index (κ1) is 14.0. The van der Waals surface area contributed by atoms with Crippen molar-refractivity contribution in [3.05, 3.63) is 42.0 Å². The number of hydrogen-bond acceptors (Lipinski definition) is 3. The average molecular weight is 273 g/mol. The lowest BCUT2D eigenvalue weighted by molar-refractivity contribution is -0.120. The number of amides is 1. The summed E-state index contributed by atoms with van der Waals surface area (Å²) in [4.78, 5) is 22.9. The topological polar surface area (TPSA) is 75.6 Å². The summed E-state index contributed by atoms with van der Waals surface area (Å²) in [5.41, 5.74) is 0.342. The van der Waals surface area contributed by atoms with Crippen molar-refractivity contribution in [3.8, 4) is 0 Å². The summed E-state index contributed by atoms with van der Waals surface area (Å²) < 4.78 is 5.00. The lowest BCUT2D eigenvalue weighted by Gasteiger charge is -2.10. The molecule has 1 amide bonds. The highest BCUT2D eigenvalue weighted by molar-refractivity contribution is 6.05. The Morgan fingerprint density at radius 2 is 1.85 bits per heavy atom. The summed E-state index contributed by atoms with van der Waals surface area (Å²) in [5, 5.41) is 13.5. The van der Waals surface area contributed by atoms with Gasteiger partial charge in [0.1, 0.15) is 6.61 Å². The number of benzene rings is 2. The zero-order valence-electron chi connectivity index (χ0n) is 11.1. The summed E-state index contributed by atoms with van der Waals surface area (Å²) in [6, 6.07) is 10.6. The molecule has 0 saturated carbocycles. The first-order valence-corrected chi connectivity index (χ1v) is 6.25. The van der Waals surface area contributed by atoms with E-state index in [0.717, 1.165) is 10.8 Å². The molecule has 0 atom stereocenters. The Bertz CT molecular complexity index is 651. The Morgan fingerprint density at radius 3 is 2.45 bits per heavy atom. The van der Waals surface area contributed by atoms with Crippen LogP contribution in [0.5, 0.6) is 0 Å². The van der Waals surface area contributed by atoms with E-state index in [1.165, 1.54) is 0 Å². The second kappa shape index (κ2) is 6.16. The summed E-state index contributed by atoms with van der Waals surface area (Å²) in [5.74, 6) is -1.45. The number of nitrogens with one attached hydrogen (secondary N) is 1. The minimum Gasteiger partial charge on any atom is -0.478 e. The van der Waals surface area contributed by atoms with E-state index >= 15 is 0 Å². The molecule has 0 aromatic heterocycles. The number of carboxylic acids is 1. The normalized spacial score (nSPS) is 10.4. The highest BCUT2D eigenvalue weighted by Gasteiger charge is 2.13. The number of hydrogen-bond donors (Lipinski definition) is 2. The Kier molecular flexibility index (Phi) is 4.32. The number of fused-ring (bicyclic) bond motifs is 1. The van der Waals surface area contributed by atoms with Crippen molar-refractivity contribution in [2.75, 3.05) is 18.5 Å². The maximum atomic E-state index is 11.7. The molecule has 0 spiro atoms. The van der Waals surface area contributed by atoms with E-state index in [9.17, 15) is 14.7 Å². The van der Waals surface area contributed by atoms with Gasteiger partial charge in [-0.15, -0.1) is 0 Å². The third-order valence-corrected chi connectivity index (χ3v) is 2.83. The molecule has 2 aromatic carbocycles. The van der Waals surface area contributed by atoms with Crippen LogP contribution in [0.4, 0.5) is 5.69 Å². The SMILES string of the molecule is CCOCC(=O)Nc1cc2ccccc2cc1C(=O)O. The van der Waals surface area contributed by atoms with Gasteiger partial charge in [-0.05, 0) is 29.8 Å². The maximum absolute atomic E-state index is 11.7. The lowest BCUT2D eigenvalue weighted by Crippen LogP contribution is -2.20. The molecule has 0 radical (unpaired) electrons. The molecule has 0 aliphatic rings. The van der Waals surface area contributed by atoms with E-state index in [1.807, 2.05) is 24.3 Å². The first-order valence-electron chi connectivity index (χ1n) is 6.25. The van der Waals surface area contributed by atoms with Crippen molar-refractivity contribution in [3.63, 3.8) is 0 Å². The number of aromatic carboxylic acids is 1. The van der Waals surface area contributed by atoms with Gasteiger partial charge >= 0.3 is 5.97 Å². The standard InChI is InChI=1S/C15H15NO4/c1-2-20-9-14(17)16-13-8-11-6-4-3-5-10(11)7-12(13)15(18)19/h3-8H,2,9H2,1H3,(H,16,17)(H,18,19). The Balaban J connectivity index is 2.37. The molecule has 0 fully saturated rings. The van der Waals surface area contributed by atoms with E-state index in [-0.39, 0.29) is 23.8 Å². The van der Waals surface area contributed by atoms with Crippen LogP contribution in [0.25, 0.3) is 10.8 Å². The quantitative estimate of drug-likeness (QED) is 0.877. The van der Waals surface area contributed by atoms with Crippen LogP contribution >= 0.6 is 0 Å². The molecular weight excluding hydrogens is 258 g/mol. The smallest absolute Gasteiger partial charge is 0.337 e. The molecule has 0 saturated heterocycles. The van der Waals surface area contributed by atoms with Crippen LogP contribution in [0.3, 0.4) is 0 Å². The van der Waals surface area contributed by atoms with Gasteiger partial charge in [0, 0.05) is 6.61 Å². The fraction of sp³-hybridized carbons (Fsp3) is 0.200. The number of anilines is 1. The van der Waals surface area contributed by atoms with E-state index in [4.69, 9.17) is 4.74 Å². The van der Waals surface area contributed by atoms with Crippen molar-refractivity contribution in [1.29, 1.82) is 0 Å². The molecule has 2 aromatic rings. The highest BCUT2D eigenvalue weighted by Crippen LogP contribution is 2.24. The van der Waals surface area contributed by atoms with E-state index in [1.54, 1.807) is 19.1 Å². The molecule has 2 rings (SSSR count). The van der Waals surface area contributed by atoms with Gasteiger partial charge < -0.3 is 15.2 Å². The maximum Gasteiger partial charge on any atom is 0.337 e. The molecule has 0 unspecified atom stereocenters. The van der Waals surface area contributed by atoms with Crippen molar-refractivity contribution in [2.24, 2.45) is 0 Å². The Hall–Kier alpha value is -2.40. The zero-order valence-corrected chi connectivity index (χ0v) is 11.1. The molecule has 0 aliphatic heterocycles. The van der Waals surface area contributed by atoms with Crippen LogP contribution in [0, 0.1) is 0 Å². The fourth-order valence-electron chi connectivity index (χ4n) is 1.90. The van der Waals surface area contributed by atoms with Crippen molar-refractivity contribution < 1.29 is 19.4 Å². The minimum absolute atomic E-state index is 0.0635. The highest BCUT2D eigenvalue weighted by atomic mass is 16.5. The predicted octanol–water partition coefficient (Wildman–Crippen LogP) is 2.51. The first-order chi connectivity index (χ1) is 9.61. The summed E-state index contributed by atoms with van der Waals surface area (Å²) in [7, 11) is 0. The summed E-state index contributed by atoms with van der Waals surface area (Å²) in [6.45, 7) is 2.12. The minimum atomic E-state index is -1.08. The van der Waals surface area contributed by atoms with Crippen molar-refractivity contribution in [1.82, 2.24) is 0 Å². The molecule has 104 valence electrons. The molecule has 5 heteroatoms. The van der Waals surface area contributed by atoms with Gasteiger partial charge in [0.15, 0.2) is 0 Å². The fourth-order valence-corrected chi connectivity index (χ4v) is 1.90. The number of rotatable bonds is 5. The monoisotopic (exact) mass is 273 g/mol. The van der Waals surface area contributed by atoms with E-state index < -0.39 is 5.97 Å². The number of carbonyl (C=O) groups excluding carboxylic acids is 1. The lowest BCUT2D eigenvalue weighted by atomic mass is 10.0. The molecule has 0 bridgehead atoms. The number of ether oxygens (including phenoxy) is 1. The van der Waals surface area contributed by atoms with Gasteiger partial charge in [-0.3, -0.25) is 4.79 Å². The van der Waals surface area contributed by atoms with Crippen molar-refractivity contribution in [2.45, 2.75) is 6.92 Å². The van der Waals surface area contributed by atoms with E-state index in [0.29, 0.717) is 6.61 Å². The molecule has 0 heterocycles. The third-order valence-electron chi connectivity index (χ3n) is 2.83. The molecular formula is C15H15NO4. The molecule has 2 N–H and O–H groups in total. The van der Waals surface area contributed by atoms with E-state index in [2.05, 4.69) is 5.32 Å². The van der Waals surface area contributed by atoms with Gasteiger partial charge in [0.25, 0.3) is 0 Å². The molecule has 0 aliphatic carbocycles. The second-order valence-electron chi connectivity index (χ2n) is 4.24. The summed E-state index contributed by atoms with van der Waals surface area (Å²) in [6.07, 6.45) is 0. The molecule has 5 nitrogen and oxygen atoms in total. The third kappa shape index (κ3) is 3.13. The Labute approximate surface area is 116 Å². The zero-order chi connectivity index (χ0) is 14.5. The molecule has 20 heavy (non-hydrogen) atoms. The van der Waals surface area contributed by atoms with Gasteiger partial charge in [-0.1, -0.05) is 24.3 Å². The van der Waals surface area contributed by atoms with Crippen LogP contribution < -0.4 is 5.32 Å². The van der Waals surface area contributed by atoms with Crippen LogP contribution in [0.15, 0.2) is 36.4 Å². The van der Waals surface area contributed by atoms with Gasteiger partial charge in [-0.2, -0.15) is 0 Å². The van der Waals surface area contributed by atoms with Crippen LogP contribution in [0.2, 0.25) is 0 Å². The van der Waals surface area contributed by atoms with Crippen LogP contribution in [-0.2, 0) is 9.53 Å². The average Bonchev–Trinajstić information content (AvgIpc) is 2.44. The van der Waals surface area contributed by atoms with Crippen molar-refractivity contribution >= 4 is 28.3 Å². The Morgan fingerprint density at radius 1 is 1.20 bits per heavy atom. The van der Waals surface area contributed by atoms with Gasteiger partial charge in [-0.25, -0.2) is 4.79 Å². The van der Waals surface area contributed by atoms with Crippen LogP contribution in [-0.4, -0.2) is 30.2 Å². The van der Waals surface area contributed by atoms with Gasteiger partial charge in [0.2, 0.25) is 5.91 Å². The second-order valence-corrected chi connectivity index (χ2v) is 4.24. The van der Waals surface area contributed by atoms with Gasteiger partial charge in [0.05, 0.1) is 11.3 Å². The predicted molar refractivity (Wildman–Crippen MR) is 76.0 cm³/mol. The largest absolute Gasteiger partial charge is 0.478 e. The summed E-state index contributed by atoms with van der Waals surface area (Å²) >= 11 is 0.